The van der Waals surface area contributed by atoms with Gasteiger partial charge in [0.1, 0.15) is 11.9 Å². The van der Waals surface area contributed by atoms with Crippen LogP contribution in [0.2, 0.25) is 0 Å². The summed E-state index contributed by atoms with van der Waals surface area (Å²) in [6.07, 6.45) is 0.0352. The molecule has 0 radical (unpaired) electrons. The van der Waals surface area contributed by atoms with E-state index in [0.29, 0.717) is 31.5 Å². The quantitative estimate of drug-likeness (QED) is 0.714. The summed E-state index contributed by atoms with van der Waals surface area (Å²) in [5, 5.41) is 15.1. The smallest absolute Gasteiger partial charge is 0.181 e. The predicted molar refractivity (Wildman–Crippen MR) is 45.2 cm³/mol. The van der Waals surface area contributed by atoms with Crippen LogP contribution in [0.4, 0.5) is 0 Å². The predicted octanol–water partition coefficient (Wildman–Crippen LogP) is -0.0413. The lowest BCUT2D eigenvalue weighted by Crippen LogP contribution is -2.22. The average Bonchev–Trinajstić information content (AvgIpc) is 2.68. The van der Waals surface area contributed by atoms with Crippen LogP contribution < -0.4 is 0 Å². The van der Waals surface area contributed by atoms with E-state index in [1.54, 1.807) is 0 Å². The van der Waals surface area contributed by atoms with E-state index in [1.807, 2.05) is 6.07 Å². The van der Waals surface area contributed by atoms with Crippen molar-refractivity contribution in [2.75, 3.05) is 19.8 Å². The summed E-state index contributed by atoms with van der Waals surface area (Å²) in [5.74, 6) is 1.13. The number of aromatic nitrogens is 3. The second-order valence-electron chi connectivity index (χ2n) is 2.91. The highest BCUT2D eigenvalue weighted by Crippen LogP contribution is 2.16. The number of rotatable bonds is 2. The van der Waals surface area contributed by atoms with Crippen molar-refractivity contribution in [2.45, 2.75) is 12.5 Å². The van der Waals surface area contributed by atoms with E-state index >= 15 is 0 Å². The lowest BCUT2D eigenvalue weighted by atomic mass is 10.3. The molecule has 1 unspecified atom stereocenters. The molecule has 2 heterocycles. The fraction of sp³-hybridized carbons (Fsp3) is 0.625. The minimum absolute atomic E-state index is 0.201. The summed E-state index contributed by atoms with van der Waals surface area (Å²) >= 11 is 0. The third-order valence-electron chi connectivity index (χ3n) is 1.90. The van der Waals surface area contributed by atoms with Gasteiger partial charge in [0.15, 0.2) is 5.82 Å². The summed E-state index contributed by atoms with van der Waals surface area (Å²) in [6, 6.07) is 1.99. The van der Waals surface area contributed by atoms with Crippen molar-refractivity contribution in [3.8, 4) is 6.07 Å². The summed E-state index contributed by atoms with van der Waals surface area (Å²) in [4.78, 5) is 4.13. The second kappa shape index (κ2) is 4.17. The molecule has 6 nitrogen and oxygen atoms in total. The minimum Gasteiger partial charge on any atom is -0.376 e. The Bertz CT molecular complexity index is 337. The highest BCUT2D eigenvalue weighted by Gasteiger charge is 2.20. The van der Waals surface area contributed by atoms with Gasteiger partial charge >= 0.3 is 0 Å². The van der Waals surface area contributed by atoms with Crippen molar-refractivity contribution < 1.29 is 9.47 Å². The number of nitrogens with one attached hydrogen (secondary N) is 1. The molecule has 1 aromatic heterocycles. The van der Waals surface area contributed by atoms with Crippen molar-refractivity contribution >= 4 is 0 Å². The standard InChI is InChI=1S/C8H10N4O2/c9-2-1-7-10-8(12-11-7)6-5-13-3-4-14-6/h6H,1,3-5H2,(H,10,11,12). The Morgan fingerprint density at radius 1 is 1.57 bits per heavy atom. The summed E-state index contributed by atoms with van der Waals surface area (Å²) < 4.78 is 10.6. The summed E-state index contributed by atoms with van der Waals surface area (Å²) in [7, 11) is 0. The molecule has 1 fully saturated rings. The molecular weight excluding hydrogens is 184 g/mol. The Hall–Kier alpha value is -1.45. The number of ether oxygens (including phenoxy) is 2. The topological polar surface area (TPSA) is 83.8 Å². The Morgan fingerprint density at radius 2 is 2.50 bits per heavy atom. The van der Waals surface area contributed by atoms with Crippen LogP contribution in [0.15, 0.2) is 0 Å². The highest BCUT2D eigenvalue weighted by molar-refractivity contribution is 4.99. The second-order valence-corrected chi connectivity index (χ2v) is 2.91. The lowest BCUT2D eigenvalue weighted by Gasteiger charge is -2.19. The Morgan fingerprint density at radius 3 is 3.21 bits per heavy atom. The van der Waals surface area contributed by atoms with Crippen molar-refractivity contribution in [2.24, 2.45) is 0 Å². The maximum atomic E-state index is 8.45. The monoisotopic (exact) mass is 194 g/mol. The average molecular weight is 194 g/mol. The van der Waals surface area contributed by atoms with Crippen LogP contribution in [0.3, 0.4) is 0 Å². The van der Waals surface area contributed by atoms with E-state index in [1.165, 1.54) is 0 Å². The van der Waals surface area contributed by atoms with Crippen LogP contribution >= 0.6 is 0 Å². The van der Waals surface area contributed by atoms with Crippen LogP contribution in [0.5, 0.6) is 0 Å². The molecule has 6 heteroatoms. The molecule has 1 aliphatic rings. The van der Waals surface area contributed by atoms with Crippen molar-refractivity contribution in [3.63, 3.8) is 0 Å². The summed E-state index contributed by atoms with van der Waals surface area (Å²) in [6.45, 7) is 1.66. The van der Waals surface area contributed by atoms with Gasteiger partial charge in [-0.05, 0) is 0 Å². The van der Waals surface area contributed by atoms with Gasteiger partial charge in [0.25, 0.3) is 0 Å². The number of aromatic amines is 1. The first kappa shape index (κ1) is 9.12. The normalized spacial score (nSPS) is 21.8. The molecule has 1 N–H and O–H groups in total. The highest BCUT2D eigenvalue weighted by atomic mass is 16.6. The molecule has 0 spiro atoms. The fourth-order valence-electron chi connectivity index (χ4n) is 1.24. The van der Waals surface area contributed by atoms with Crippen LogP contribution in [-0.2, 0) is 15.9 Å². The number of nitrogens with zero attached hydrogens (tertiary/aromatic N) is 3. The minimum atomic E-state index is -0.201. The van der Waals surface area contributed by atoms with Crippen molar-refractivity contribution in [1.82, 2.24) is 15.2 Å². The number of nitriles is 1. The number of H-pyrrole nitrogens is 1. The molecule has 0 aromatic carbocycles. The lowest BCUT2D eigenvalue weighted by molar-refractivity contribution is -0.0934. The molecule has 1 saturated heterocycles. The molecular formula is C8H10N4O2. The van der Waals surface area contributed by atoms with E-state index in [2.05, 4.69) is 15.2 Å². The zero-order valence-electron chi connectivity index (χ0n) is 7.56. The van der Waals surface area contributed by atoms with Crippen molar-refractivity contribution in [1.29, 1.82) is 5.26 Å². The SMILES string of the molecule is N#CCc1nc(C2COCCO2)n[nH]1. The van der Waals surface area contributed by atoms with Gasteiger partial charge in [-0.15, -0.1) is 0 Å². The van der Waals surface area contributed by atoms with Crippen LogP contribution in [0.25, 0.3) is 0 Å². The Kier molecular flexibility index (Phi) is 2.72. The van der Waals surface area contributed by atoms with E-state index < -0.39 is 0 Å². The third-order valence-corrected chi connectivity index (χ3v) is 1.90. The van der Waals surface area contributed by atoms with Gasteiger partial charge in [0.2, 0.25) is 0 Å². The Labute approximate surface area is 80.9 Å². The zero-order valence-corrected chi connectivity index (χ0v) is 7.56. The number of hydrogen-bond acceptors (Lipinski definition) is 5. The molecule has 0 amide bonds. The summed E-state index contributed by atoms with van der Waals surface area (Å²) in [5.41, 5.74) is 0. The van der Waals surface area contributed by atoms with Gasteiger partial charge in [-0.2, -0.15) is 10.4 Å². The van der Waals surface area contributed by atoms with E-state index in [-0.39, 0.29) is 12.5 Å². The molecule has 0 saturated carbocycles. The first-order valence-corrected chi connectivity index (χ1v) is 4.37. The van der Waals surface area contributed by atoms with Gasteiger partial charge in [-0.3, -0.25) is 5.10 Å². The van der Waals surface area contributed by atoms with Gasteiger partial charge < -0.3 is 9.47 Å². The number of hydrogen-bond donors (Lipinski definition) is 1. The zero-order chi connectivity index (χ0) is 9.80. The molecule has 2 rings (SSSR count). The molecule has 0 aliphatic carbocycles. The first-order valence-electron chi connectivity index (χ1n) is 4.37. The van der Waals surface area contributed by atoms with Gasteiger partial charge in [-0.1, -0.05) is 0 Å². The van der Waals surface area contributed by atoms with Gasteiger partial charge in [-0.25, -0.2) is 4.98 Å². The third kappa shape index (κ3) is 1.89. The maximum Gasteiger partial charge on any atom is 0.181 e. The van der Waals surface area contributed by atoms with E-state index in [0.717, 1.165) is 0 Å². The van der Waals surface area contributed by atoms with Gasteiger partial charge in [0, 0.05) is 0 Å². The van der Waals surface area contributed by atoms with Crippen LogP contribution in [-0.4, -0.2) is 35.0 Å². The van der Waals surface area contributed by atoms with E-state index in [9.17, 15) is 0 Å². The molecule has 14 heavy (non-hydrogen) atoms. The molecule has 1 aliphatic heterocycles. The Balaban J connectivity index is 2.04. The molecule has 1 atom stereocenters. The largest absolute Gasteiger partial charge is 0.376 e. The van der Waals surface area contributed by atoms with Crippen LogP contribution in [0, 0.1) is 11.3 Å². The fourth-order valence-corrected chi connectivity index (χ4v) is 1.24. The van der Waals surface area contributed by atoms with Crippen LogP contribution in [0.1, 0.15) is 17.8 Å². The first-order chi connectivity index (χ1) is 6.90. The molecule has 1 aromatic rings. The van der Waals surface area contributed by atoms with Crippen molar-refractivity contribution in [3.05, 3.63) is 11.6 Å². The molecule has 0 bridgehead atoms. The van der Waals surface area contributed by atoms with Gasteiger partial charge in [0.05, 0.1) is 32.3 Å². The molecule has 74 valence electrons. The maximum absolute atomic E-state index is 8.45. The van der Waals surface area contributed by atoms with E-state index in [4.69, 9.17) is 14.7 Å².